The molecule has 1 fully saturated rings. The highest BCUT2D eigenvalue weighted by Gasteiger charge is 2.34. The van der Waals surface area contributed by atoms with Gasteiger partial charge in [-0.25, -0.2) is 8.42 Å². The molecule has 1 saturated heterocycles. The minimum atomic E-state index is -3.43. The SMILES string of the molecule is COc1ccc(C2CCN(S(=O)(=O)c3ccc(Cl)s3)C2)cc1. The minimum absolute atomic E-state index is 0.219. The molecule has 0 bridgehead atoms. The van der Waals surface area contributed by atoms with Crippen molar-refractivity contribution in [3.05, 3.63) is 46.3 Å². The third-order valence-corrected chi connectivity index (χ3v) is 7.44. The van der Waals surface area contributed by atoms with Gasteiger partial charge in [0.2, 0.25) is 0 Å². The Balaban J connectivity index is 1.76. The lowest BCUT2D eigenvalue weighted by molar-refractivity contribution is 0.414. The number of hydrogen-bond acceptors (Lipinski definition) is 4. The van der Waals surface area contributed by atoms with Crippen molar-refractivity contribution in [2.45, 2.75) is 16.5 Å². The zero-order chi connectivity index (χ0) is 15.7. The summed E-state index contributed by atoms with van der Waals surface area (Å²) in [6, 6.07) is 11.0. The first-order valence-corrected chi connectivity index (χ1v) is 9.53. The van der Waals surface area contributed by atoms with Crippen LogP contribution in [-0.4, -0.2) is 32.9 Å². The van der Waals surface area contributed by atoms with Crippen LogP contribution in [0.3, 0.4) is 0 Å². The Hall–Kier alpha value is -1.08. The van der Waals surface area contributed by atoms with Crippen molar-refractivity contribution in [1.82, 2.24) is 4.31 Å². The molecule has 0 amide bonds. The van der Waals surface area contributed by atoms with E-state index in [2.05, 4.69) is 0 Å². The summed E-state index contributed by atoms with van der Waals surface area (Å²) in [6.07, 6.45) is 0.824. The topological polar surface area (TPSA) is 46.6 Å². The van der Waals surface area contributed by atoms with Gasteiger partial charge in [0.1, 0.15) is 9.96 Å². The summed E-state index contributed by atoms with van der Waals surface area (Å²) >= 11 is 6.95. The smallest absolute Gasteiger partial charge is 0.252 e. The molecule has 4 nitrogen and oxygen atoms in total. The van der Waals surface area contributed by atoms with E-state index < -0.39 is 10.0 Å². The third kappa shape index (κ3) is 3.01. The second-order valence-corrected chi connectivity index (χ2v) is 9.06. The van der Waals surface area contributed by atoms with E-state index in [1.807, 2.05) is 24.3 Å². The standard InChI is InChI=1S/C15H16ClNO3S2/c1-20-13-4-2-11(3-5-13)12-8-9-17(10-12)22(18,19)15-7-6-14(16)21-15/h2-7,12H,8-10H2,1H3. The van der Waals surface area contributed by atoms with Gasteiger partial charge in [-0.05, 0) is 42.2 Å². The highest BCUT2D eigenvalue weighted by molar-refractivity contribution is 7.91. The van der Waals surface area contributed by atoms with Crippen molar-refractivity contribution in [3.8, 4) is 5.75 Å². The maximum atomic E-state index is 12.6. The number of thiophene rings is 1. The van der Waals surface area contributed by atoms with Crippen molar-refractivity contribution in [3.63, 3.8) is 0 Å². The highest BCUT2D eigenvalue weighted by Crippen LogP contribution is 2.34. The number of halogens is 1. The maximum Gasteiger partial charge on any atom is 0.252 e. The molecule has 2 aromatic rings. The van der Waals surface area contributed by atoms with Gasteiger partial charge < -0.3 is 4.74 Å². The Labute approximate surface area is 139 Å². The molecule has 1 unspecified atom stereocenters. The molecule has 22 heavy (non-hydrogen) atoms. The first-order chi connectivity index (χ1) is 10.5. The van der Waals surface area contributed by atoms with Crippen LogP contribution in [0.15, 0.2) is 40.6 Å². The lowest BCUT2D eigenvalue weighted by Gasteiger charge is -2.15. The molecule has 3 rings (SSSR count). The van der Waals surface area contributed by atoms with Crippen LogP contribution in [-0.2, 0) is 10.0 Å². The normalized spacial score (nSPS) is 19.5. The average Bonchev–Trinajstić information content (AvgIpc) is 3.17. The Morgan fingerprint density at radius 3 is 2.55 bits per heavy atom. The van der Waals surface area contributed by atoms with Crippen molar-refractivity contribution in [1.29, 1.82) is 0 Å². The van der Waals surface area contributed by atoms with Crippen LogP contribution in [0.25, 0.3) is 0 Å². The summed E-state index contributed by atoms with van der Waals surface area (Å²) in [6.45, 7) is 1.04. The van der Waals surface area contributed by atoms with Crippen LogP contribution in [0.2, 0.25) is 4.34 Å². The molecule has 0 saturated carbocycles. The monoisotopic (exact) mass is 357 g/mol. The minimum Gasteiger partial charge on any atom is -0.497 e. The maximum absolute atomic E-state index is 12.6. The number of nitrogens with zero attached hydrogens (tertiary/aromatic N) is 1. The first-order valence-electron chi connectivity index (χ1n) is 6.90. The molecule has 0 N–H and O–H groups in total. The van der Waals surface area contributed by atoms with Gasteiger partial charge in [-0.1, -0.05) is 23.7 Å². The molecule has 2 heterocycles. The largest absolute Gasteiger partial charge is 0.497 e. The van der Waals surface area contributed by atoms with Gasteiger partial charge in [0.05, 0.1) is 11.4 Å². The molecular weight excluding hydrogens is 342 g/mol. The van der Waals surface area contributed by atoms with Crippen LogP contribution in [0.1, 0.15) is 17.9 Å². The number of rotatable bonds is 4. The summed E-state index contributed by atoms with van der Waals surface area (Å²) in [7, 11) is -1.80. The molecule has 7 heteroatoms. The molecular formula is C15H16ClNO3S2. The summed E-state index contributed by atoms with van der Waals surface area (Å²) in [4.78, 5) is 0. The molecule has 1 aromatic heterocycles. The van der Waals surface area contributed by atoms with Gasteiger partial charge in [0, 0.05) is 13.1 Å². The van der Waals surface area contributed by atoms with E-state index >= 15 is 0 Å². The number of benzene rings is 1. The van der Waals surface area contributed by atoms with E-state index in [-0.39, 0.29) is 5.92 Å². The summed E-state index contributed by atoms with van der Waals surface area (Å²) < 4.78 is 32.7. The van der Waals surface area contributed by atoms with Crippen LogP contribution < -0.4 is 4.74 Å². The number of methoxy groups -OCH3 is 1. The first kappa shape index (κ1) is 15.8. The second kappa shape index (κ2) is 6.20. The van der Waals surface area contributed by atoms with Crippen LogP contribution in [0.4, 0.5) is 0 Å². The van der Waals surface area contributed by atoms with Crippen LogP contribution in [0, 0.1) is 0 Å². The quantitative estimate of drug-likeness (QED) is 0.840. The molecule has 118 valence electrons. The fourth-order valence-electron chi connectivity index (χ4n) is 2.66. The van der Waals surface area contributed by atoms with Crippen molar-refractivity contribution in [2.24, 2.45) is 0 Å². The van der Waals surface area contributed by atoms with Gasteiger partial charge >= 0.3 is 0 Å². The predicted octanol–water partition coefficient (Wildman–Crippen LogP) is 3.59. The Morgan fingerprint density at radius 1 is 1.23 bits per heavy atom. The Bertz CT molecular complexity index is 755. The highest BCUT2D eigenvalue weighted by atomic mass is 35.5. The summed E-state index contributed by atoms with van der Waals surface area (Å²) in [5, 5.41) is 0. The summed E-state index contributed by atoms with van der Waals surface area (Å²) in [5.41, 5.74) is 1.14. The van der Waals surface area contributed by atoms with E-state index in [1.54, 1.807) is 23.5 Å². The summed E-state index contributed by atoms with van der Waals surface area (Å²) in [5.74, 6) is 1.02. The number of ether oxygens (including phenoxy) is 1. The zero-order valence-electron chi connectivity index (χ0n) is 12.0. The molecule has 1 aromatic carbocycles. The molecule has 1 atom stereocenters. The molecule has 0 spiro atoms. The molecule has 1 aliphatic rings. The van der Waals surface area contributed by atoms with Crippen molar-refractivity contribution < 1.29 is 13.2 Å². The zero-order valence-corrected chi connectivity index (χ0v) is 14.4. The lowest BCUT2D eigenvalue weighted by Crippen LogP contribution is -2.28. The number of sulfonamides is 1. The van der Waals surface area contributed by atoms with Gasteiger partial charge in [-0.3, -0.25) is 0 Å². The molecule has 0 radical (unpaired) electrons. The van der Waals surface area contributed by atoms with Gasteiger partial charge in [-0.2, -0.15) is 4.31 Å². The average molecular weight is 358 g/mol. The third-order valence-electron chi connectivity index (χ3n) is 3.88. The van der Waals surface area contributed by atoms with Crippen molar-refractivity contribution in [2.75, 3.05) is 20.2 Å². The molecule has 0 aliphatic carbocycles. The van der Waals surface area contributed by atoms with Gasteiger partial charge in [0.15, 0.2) is 0 Å². The van der Waals surface area contributed by atoms with E-state index in [0.717, 1.165) is 29.1 Å². The Morgan fingerprint density at radius 2 is 1.95 bits per heavy atom. The van der Waals surface area contributed by atoms with E-state index in [4.69, 9.17) is 16.3 Å². The number of hydrogen-bond donors (Lipinski definition) is 0. The fourth-order valence-corrected chi connectivity index (χ4v) is 5.80. The second-order valence-electron chi connectivity index (χ2n) is 5.18. The fraction of sp³-hybridized carbons (Fsp3) is 0.333. The lowest BCUT2D eigenvalue weighted by atomic mass is 9.99. The molecule has 1 aliphatic heterocycles. The van der Waals surface area contributed by atoms with E-state index in [0.29, 0.717) is 21.6 Å². The van der Waals surface area contributed by atoms with Gasteiger partial charge in [0.25, 0.3) is 10.0 Å². The van der Waals surface area contributed by atoms with E-state index in [9.17, 15) is 8.42 Å². The van der Waals surface area contributed by atoms with Gasteiger partial charge in [-0.15, -0.1) is 11.3 Å². The van der Waals surface area contributed by atoms with Crippen LogP contribution >= 0.6 is 22.9 Å². The van der Waals surface area contributed by atoms with E-state index in [1.165, 1.54) is 0 Å². The Kier molecular flexibility index (Phi) is 4.45. The van der Waals surface area contributed by atoms with Crippen LogP contribution in [0.5, 0.6) is 5.75 Å². The predicted molar refractivity (Wildman–Crippen MR) is 88.4 cm³/mol. The van der Waals surface area contributed by atoms with Crippen molar-refractivity contribution >= 4 is 33.0 Å².